The molecule has 3 N–H and O–H groups in total. The number of benzene rings is 1. The number of hydrogen-bond acceptors (Lipinski definition) is 5. The van der Waals surface area contributed by atoms with Gasteiger partial charge in [-0.1, -0.05) is 0 Å². The molecule has 9 heteroatoms. The Balaban J connectivity index is 1.55. The van der Waals surface area contributed by atoms with E-state index in [4.69, 9.17) is 0 Å². The van der Waals surface area contributed by atoms with Gasteiger partial charge < -0.3 is 15.7 Å². The van der Waals surface area contributed by atoms with Crippen LogP contribution in [0.5, 0.6) is 0 Å². The molecule has 5 nitrogen and oxygen atoms in total. The molecule has 0 aliphatic heterocycles. The second-order valence-electron chi connectivity index (χ2n) is 5.52. The number of anilines is 1. The highest BCUT2D eigenvalue weighted by molar-refractivity contribution is 7.12. The van der Waals surface area contributed by atoms with Crippen LogP contribution >= 0.6 is 22.7 Å². The first-order chi connectivity index (χ1) is 12.9. The van der Waals surface area contributed by atoms with Crippen LogP contribution in [-0.4, -0.2) is 16.9 Å². The maximum Gasteiger partial charge on any atom is 0.313 e. The molecule has 0 spiro atoms. The molecule has 1 atom stereocenters. The van der Waals surface area contributed by atoms with E-state index < -0.39 is 29.6 Å². The number of aliphatic hydroxyl groups is 1. The third-order valence-electron chi connectivity index (χ3n) is 3.62. The Kier molecular flexibility index (Phi) is 5.94. The Bertz CT molecular complexity index is 957. The number of thiophene rings is 2. The molecule has 0 saturated heterocycles. The molecule has 0 aliphatic carbocycles. The van der Waals surface area contributed by atoms with Crippen molar-refractivity contribution in [3.05, 3.63) is 74.1 Å². The van der Waals surface area contributed by atoms with Crippen molar-refractivity contribution >= 4 is 40.2 Å². The van der Waals surface area contributed by atoms with Crippen molar-refractivity contribution in [2.75, 3.05) is 5.32 Å². The summed E-state index contributed by atoms with van der Waals surface area (Å²) in [4.78, 5) is 25.1. The van der Waals surface area contributed by atoms with E-state index in [1.807, 2.05) is 16.8 Å². The van der Waals surface area contributed by atoms with Crippen LogP contribution in [0, 0.1) is 11.6 Å². The summed E-state index contributed by atoms with van der Waals surface area (Å²) in [5.41, 5.74) is 0.506. The molecule has 0 radical (unpaired) electrons. The number of rotatable bonds is 5. The van der Waals surface area contributed by atoms with Gasteiger partial charge in [-0.25, -0.2) is 8.78 Å². The van der Waals surface area contributed by atoms with Crippen LogP contribution in [0.2, 0.25) is 0 Å². The monoisotopic (exact) mass is 408 g/mol. The molecule has 2 amide bonds. The molecule has 3 aromatic rings. The first kappa shape index (κ1) is 19.2. The molecular formula is C18H14F2N2O3S2. The highest BCUT2D eigenvalue weighted by Gasteiger charge is 2.17. The lowest BCUT2D eigenvalue weighted by Crippen LogP contribution is -2.35. The van der Waals surface area contributed by atoms with Crippen molar-refractivity contribution < 1.29 is 23.5 Å². The zero-order chi connectivity index (χ0) is 19.4. The maximum atomic E-state index is 13.5. The van der Waals surface area contributed by atoms with Gasteiger partial charge in [0.1, 0.15) is 17.7 Å². The number of amides is 2. The Labute approximate surface area is 161 Å². The van der Waals surface area contributed by atoms with Gasteiger partial charge in [0, 0.05) is 15.8 Å². The summed E-state index contributed by atoms with van der Waals surface area (Å²) in [6.07, 6.45) is -0.740. The van der Waals surface area contributed by atoms with E-state index in [-0.39, 0.29) is 12.2 Å². The smallest absolute Gasteiger partial charge is 0.313 e. The molecular weight excluding hydrogens is 394 g/mol. The van der Waals surface area contributed by atoms with E-state index in [1.165, 1.54) is 22.7 Å². The van der Waals surface area contributed by atoms with Crippen molar-refractivity contribution in [2.24, 2.45) is 0 Å². The summed E-state index contributed by atoms with van der Waals surface area (Å²) >= 11 is 2.79. The number of halogens is 2. The van der Waals surface area contributed by atoms with E-state index >= 15 is 0 Å². The van der Waals surface area contributed by atoms with Gasteiger partial charge in [-0.15, -0.1) is 11.3 Å². The predicted molar refractivity (Wildman–Crippen MR) is 99.5 cm³/mol. The van der Waals surface area contributed by atoms with Crippen LogP contribution in [0.15, 0.2) is 47.2 Å². The molecule has 0 fully saturated rings. The van der Waals surface area contributed by atoms with E-state index in [1.54, 1.807) is 12.1 Å². The molecule has 2 aromatic heterocycles. The van der Waals surface area contributed by atoms with E-state index in [2.05, 4.69) is 10.6 Å². The summed E-state index contributed by atoms with van der Waals surface area (Å²) in [5, 5.41) is 18.5. The second kappa shape index (κ2) is 8.38. The SMILES string of the molecule is O=C(NCc1ccc(C(O)c2ccsc2)s1)C(=O)Nc1ccc(F)cc1F. The molecule has 0 bridgehead atoms. The lowest BCUT2D eigenvalue weighted by Gasteiger charge is -2.07. The van der Waals surface area contributed by atoms with Crippen molar-refractivity contribution in [1.29, 1.82) is 0 Å². The molecule has 3 rings (SSSR count). The fraction of sp³-hybridized carbons (Fsp3) is 0.111. The van der Waals surface area contributed by atoms with Crippen molar-refractivity contribution in [3.8, 4) is 0 Å². The minimum absolute atomic E-state index is 0.0825. The highest BCUT2D eigenvalue weighted by atomic mass is 32.1. The van der Waals surface area contributed by atoms with Crippen LogP contribution in [0.1, 0.15) is 21.4 Å². The minimum atomic E-state index is -1.06. The lowest BCUT2D eigenvalue weighted by atomic mass is 10.2. The summed E-state index contributed by atoms with van der Waals surface area (Å²) in [6, 6.07) is 7.95. The lowest BCUT2D eigenvalue weighted by molar-refractivity contribution is -0.136. The van der Waals surface area contributed by atoms with Gasteiger partial charge in [-0.3, -0.25) is 9.59 Å². The standard InChI is InChI=1S/C18H14F2N2O3S2/c19-11-1-3-14(13(20)7-11)22-18(25)17(24)21-8-12-2-4-15(27-12)16(23)10-5-6-26-9-10/h1-7,9,16,23H,8H2,(H,21,24)(H,22,25). The number of aliphatic hydroxyl groups excluding tert-OH is 1. The number of nitrogens with one attached hydrogen (secondary N) is 2. The summed E-state index contributed by atoms with van der Waals surface area (Å²) in [5.74, 6) is -3.77. The number of hydrogen-bond donors (Lipinski definition) is 3. The van der Waals surface area contributed by atoms with Crippen LogP contribution in [-0.2, 0) is 16.1 Å². The number of carbonyl (C=O) groups is 2. The summed E-state index contributed by atoms with van der Waals surface area (Å²) in [7, 11) is 0. The Morgan fingerprint density at radius 2 is 1.93 bits per heavy atom. The fourth-order valence-electron chi connectivity index (χ4n) is 2.25. The first-order valence-corrected chi connectivity index (χ1v) is 9.53. The first-order valence-electron chi connectivity index (χ1n) is 7.77. The molecule has 1 aromatic carbocycles. The fourth-order valence-corrected chi connectivity index (χ4v) is 3.89. The molecule has 1 unspecified atom stereocenters. The Morgan fingerprint density at radius 1 is 1.11 bits per heavy atom. The van der Waals surface area contributed by atoms with Gasteiger partial charge in [0.15, 0.2) is 0 Å². The van der Waals surface area contributed by atoms with Gasteiger partial charge in [0.05, 0.1) is 12.2 Å². The van der Waals surface area contributed by atoms with Gasteiger partial charge in [0.25, 0.3) is 0 Å². The van der Waals surface area contributed by atoms with Gasteiger partial charge in [-0.2, -0.15) is 11.3 Å². The average Bonchev–Trinajstić information content (AvgIpc) is 3.33. The van der Waals surface area contributed by atoms with Crippen LogP contribution in [0.3, 0.4) is 0 Å². The third kappa shape index (κ3) is 4.76. The number of carbonyl (C=O) groups excluding carboxylic acids is 2. The summed E-state index contributed by atoms with van der Waals surface area (Å²) in [6.45, 7) is 0.0825. The summed E-state index contributed by atoms with van der Waals surface area (Å²) < 4.78 is 26.4. The van der Waals surface area contributed by atoms with Gasteiger partial charge >= 0.3 is 11.8 Å². The van der Waals surface area contributed by atoms with Crippen LogP contribution in [0.4, 0.5) is 14.5 Å². The van der Waals surface area contributed by atoms with Gasteiger partial charge in [0.2, 0.25) is 0 Å². The van der Waals surface area contributed by atoms with Crippen LogP contribution < -0.4 is 10.6 Å². The highest BCUT2D eigenvalue weighted by Crippen LogP contribution is 2.29. The zero-order valence-corrected chi connectivity index (χ0v) is 15.4. The van der Waals surface area contributed by atoms with E-state index in [9.17, 15) is 23.5 Å². The van der Waals surface area contributed by atoms with Gasteiger partial charge in [-0.05, 0) is 46.7 Å². The zero-order valence-electron chi connectivity index (χ0n) is 13.7. The van der Waals surface area contributed by atoms with Crippen molar-refractivity contribution in [1.82, 2.24) is 5.32 Å². The molecule has 140 valence electrons. The molecule has 0 aliphatic rings. The minimum Gasteiger partial charge on any atom is -0.383 e. The third-order valence-corrected chi connectivity index (χ3v) is 5.46. The maximum absolute atomic E-state index is 13.5. The Hall–Kier alpha value is -2.62. The Morgan fingerprint density at radius 3 is 2.63 bits per heavy atom. The second-order valence-corrected chi connectivity index (χ2v) is 7.50. The quantitative estimate of drug-likeness (QED) is 0.566. The predicted octanol–water partition coefficient (Wildman–Crippen LogP) is 3.42. The normalized spacial score (nSPS) is 11.8. The molecule has 27 heavy (non-hydrogen) atoms. The average molecular weight is 408 g/mol. The van der Waals surface area contributed by atoms with Crippen LogP contribution in [0.25, 0.3) is 0 Å². The van der Waals surface area contributed by atoms with E-state index in [0.717, 1.165) is 27.5 Å². The van der Waals surface area contributed by atoms with Crippen molar-refractivity contribution in [2.45, 2.75) is 12.6 Å². The topological polar surface area (TPSA) is 78.4 Å². The largest absolute Gasteiger partial charge is 0.383 e. The van der Waals surface area contributed by atoms with E-state index in [0.29, 0.717) is 6.07 Å². The van der Waals surface area contributed by atoms with Crippen molar-refractivity contribution in [3.63, 3.8) is 0 Å². The molecule has 2 heterocycles. The molecule has 0 saturated carbocycles.